The van der Waals surface area contributed by atoms with E-state index in [1.807, 2.05) is 6.07 Å². The summed E-state index contributed by atoms with van der Waals surface area (Å²) in [5.74, 6) is -1.56. The monoisotopic (exact) mass is 361 g/mol. The molecule has 0 saturated carbocycles. The minimum atomic E-state index is -0.600. The smallest absolute Gasteiger partial charge is 0.326 e. The number of halogens is 1. The van der Waals surface area contributed by atoms with E-state index in [0.29, 0.717) is 16.5 Å². The Bertz CT molecular complexity index is 793. The SMILES string of the molecule is CCOC(=O)CN1C(=O)c2cccc3c(Br)ccc(c23)C1=O. The van der Waals surface area contributed by atoms with Crippen LogP contribution in [0.4, 0.5) is 0 Å². The minimum Gasteiger partial charge on any atom is -0.465 e. The lowest BCUT2D eigenvalue weighted by molar-refractivity contribution is -0.143. The Balaban J connectivity index is 2.13. The van der Waals surface area contributed by atoms with Crippen LogP contribution in [-0.4, -0.2) is 35.8 Å². The second-order valence-electron chi connectivity index (χ2n) is 4.82. The highest BCUT2D eigenvalue weighted by atomic mass is 79.9. The van der Waals surface area contributed by atoms with Gasteiger partial charge in [-0.05, 0) is 30.5 Å². The summed E-state index contributed by atoms with van der Waals surface area (Å²) in [5.41, 5.74) is 0.829. The van der Waals surface area contributed by atoms with E-state index in [-0.39, 0.29) is 13.2 Å². The molecule has 22 heavy (non-hydrogen) atoms. The molecule has 0 atom stereocenters. The summed E-state index contributed by atoms with van der Waals surface area (Å²) in [6.45, 7) is 1.50. The molecular formula is C16H12BrNO4. The Kier molecular flexibility index (Phi) is 3.70. The van der Waals surface area contributed by atoms with Gasteiger partial charge in [0.05, 0.1) is 6.61 Å². The fraction of sp³-hybridized carbons (Fsp3) is 0.188. The molecule has 1 aliphatic heterocycles. The fourth-order valence-corrected chi connectivity index (χ4v) is 3.05. The third-order valence-electron chi connectivity index (χ3n) is 3.53. The summed E-state index contributed by atoms with van der Waals surface area (Å²) >= 11 is 3.42. The van der Waals surface area contributed by atoms with Gasteiger partial charge in [0.1, 0.15) is 6.54 Å². The van der Waals surface area contributed by atoms with Gasteiger partial charge in [0.15, 0.2) is 0 Å². The van der Waals surface area contributed by atoms with Crippen LogP contribution in [0.5, 0.6) is 0 Å². The average molecular weight is 362 g/mol. The fourth-order valence-electron chi connectivity index (χ4n) is 2.59. The van der Waals surface area contributed by atoms with Gasteiger partial charge in [0.25, 0.3) is 11.8 Å². The van der Waals surface area contributed by atoms with Crippen molar-refractivity contribution in [1.29, 1.82) is 0 Å². The van der Waals surface area contributed by atoms with Crippen LogP contribution in [0, 0.1) is 0 Å². The van der Waals surface area contributed by atoms with Gasteiger partial charge in [-0.3, -0.25) is 19.3 Å². The summed E-state index contributed by atoms with van der Waals surface area (Å²) in [4.78, 5) is 37.7. The topological polar surface area (TPSA) is 63.7 Å². The Morgan fingerprint density at radius 1 is 1.14 bits per heavy atom. The number of carbonyl (C=O) groups excluding carboxylic acids is 3. The molecule has 0 N–H and O–H groups in total. The molecule has 0 aromatic heterocycles. The maximum Gasteiger partial charge on any atom is 0.326 e. The number of benzene rings is 2. The number of imide groups is 1. The number of rotatable bonds is 3. The van der Waals surface area contributed by atoms with Gasteiger partial charge in [-0.25, -0.2) is 0 Å². The van der Waals surface area contributed by atoms with Crippen LogP contribution in [0.25, 0.3) is 10.8 Å². The summed E-state index contributed by atoms with van der Waals surface area (Å²) in [7, 11) is 0. The number of amides is 2. The quantitative estimate of drug-likeness (QED) is 0.622. The van der Waals surface area contributed by atoms with Crippen molar-refractivity contribution in [2.24, 2.45) is 0 Å². The van der Waals surface area contributed by atoms with Gasteiger partial charge in [-0.1, -0.05) is 28.1 Å². The van der Waals surface area contributed by atoms with E-state index in [2.05, 4.69) is 15.9 Å². The highest BCUT2D eigenvalue weighted by Gasteiger charge is 2.34. The molecular weight excluding hydrogens is 350 g/mol. The molecule has 0 spiro atoms. The van der Waals surface area contributed by atoms with Gasteiger partial charge in [0.2, 0.25) is 0 Å². The van der Waals surface area contributed by atoms with E-state index in [1.165, 1.54) is 0 Å². The standard InChI is InChI=1S/C16H12BrNO4/c1-2-22-13(19)8-18-15(20)10-5-3-4-9-12(17)7-6-11(14(9)10)16(18)21/h3-7H,2,8H2,1H3. The predicted molar refractivity (Wildman–Crippen MR) is 83.6 cm³/mol. The van der Waals surface area contributed by atoms with E-state index in [9.17, 15) is 14.4 Å². The molecule has 1 heterocycles. The maximum atomic E-state index is 12.5. The van der Waals surface area contributed by atoms with Gasteiger partial charge in [0, 0.05) is 21.0 Å². The van der Waals surface area contributed by atoms with Gasteiger partial charge in [-0.15, -0.1) is 0 Å². The van der Waals surface area contributed by atoms with Crippen LogP contribution in [0.15, 0.2) is 34.8 Å². The molecule has 2 amide bonds. The van der Waals surface area contributed by atoms with E-state index in [1.54, 1.807) is 31.2 Å². The first-order chi connectivity index (χ1) is 10.5. The van der Waals surface area contributed by atoms with E-state index in [0.717, 1.165) is 14.8 Å². The third-order valence-corrected chi connectivity index (χ3v) is 4.22. The van der Waals surface area contributed by atoms with Gasteiger partial charge < -0.3 is 4.74 Å². The van der Waals surface area contributed by atoms with Crippen LogP contribution >= 0.6 is 15.9 Å². The van der Waals surface area contributed by atoms with Crippen LogP contribution in [0.1, 0.15) is 27.6 Å². The number of nitrogens with zero attached hydrogens (tertiary/aromatic N) is 1. The van der Waals surface area contributed by atoms with E-state index < -0.39 is 17.8 Å². The highest BCUT2D eigenvalue weighted by molar-refractivity contribution is 9.10. The lowest BCUT2D eigenvalue weighted by atomic mass is 9.94. The van der Waals surface area contributed by atoms with Crippen molar-refractivity contribution in [2.45, 2.75) is 6.92 Å². The molecule has 6 heteroatoms. The second kappa shape index (κ2) is 5.53. The lowest BCUT2D eigenvalue weighted by Gasteiger charge is -2.26. The van der Waals surface area contributed by atoms with Crippen LogP contribution < -0.4 is 0 Å². The maximum absolute atomic E-state index is 12.5. The average Bonchev–Trinajstić information content (AvgIpc) is 2.51. The van der Waals surface area contributed by atoms with Crippen molar-refractivity contribution in [3.05, 3.63) is 45.9 Å². The molecule has 0 aliphatic carbocycles. The summed E-state index contributed by atoms with van der Waals surface area (Å²) in [5, 5.41) is 1.42. The van der Waals surface area contributed by atoms with E-state index in [4.69, 9.17) is 4.74 Å². The Labute approximate surface area is 135 Å². The Morgan fingerprint density at radius 3 is 2.50 bits per heavy atom. The zero-order valence-corrected chi connectivity index (χ0v) is 13.3. The first-order valence-corrected chi connectivity index (χ1v) is 7.57. The zero-order valence-electron chi connectivity index (χ0n) is 11.8. The molecule has 0 saturated heterocycles. The Morgan fingerprint density at radius 2 is 1.82 bits per heavy atom. The summed E-state index contributed by atoms with van der Waals surface area (Å²) < 4.78 is 5.64. The number of carbonyl (C=O) groups is 3. The van der Waals surface area contributed by atoms with Crippen LogP contribution in [0.3, 0.4) is 0 Å². The third kappa shape index (κ3) is 2.20. The van der Waals surface area contributed by atoms with Gasteiger partial charge >= 0.3 is 5.97 Å². The number of esters is 1. The Hall–Kier alpha value is -2.21. The van der Waals surface area contributed by atoms with Crippen molar-refractivity contribution in [3.63, 3.8) is 0 Å². The first kappa shape index (κ1) is 14.7. The molecule has 112 valence electrons. The van der Waals surface area contributed by atoms with Gasteiger partial charge in [-0.2, -0.15) is 0 Å². The molecule has 0 bridgehead atoms. The normalized spacial score (nSPS) is 13.6. The minimum absolute atomic E-state index is 0.203. The molecule has 5 nitrogen and oxygen atoms in total. The molecule has 1 aliphatic rings. The van der Waals surface area contributed by atoms with Crippen molar-refractivity contribution >= 4 is 44.5 Å². The molecule has 0 unspecified atom stereocenters. The van der Waals surface area contributed by atoms with Crippen LogP contribution in [-0.2, 0) is 9.53 Å². The molecule has 2 aromatic carbocycles. The van der Waals surface area contributed by atoms with Crippen LogP contribution in [0.2, 0.25) is 0 Å². The summed E-state index contributed by atoms with van der Waals surface area (Å²) in [6, 6.07) is 8.67. The molecule has 3 rings (SSSR count). The van der Waals surface area contributed by atoms with E-state index >= 15 is 0 Å². The summed E-state index contributed by atoms with van der Waals surface area (Å²) in [6.07, 6.45) is 0. The predicted octanol–water partition coefficient (Wildman–Crippen LogP) is 2.76. The highest BCUT2D eigenvalue weighted by Crippen LogP contribution is 2.34. The zero-order chi connectivity index (χ0) is 15.9. The number of hydrogen-bond donors (Lipinski definition) is 0. The van der Waals surface area contributed by atoms with Crippen molar-refractivity contribution in [2.75, 3.05) is 13.2 Å². The van der Waals surface area contributed by atoms with Crippen molar-refractivity contribution < 1.29 is 19.1 Å². The molecule has 0 radical (unpaired) electrons. The number of hydrogen-bond acceptors (Lipinski definition) is 4. The lowest BCUT2D eigenvalue weighted by Crippen LogP contribution is -2.43. The first-order valence-electron chi connectivity index (χ1n) is 6.77. The molecule has 2 aromatic rings. The largest absolute Gasteiger partial charge is 0.465 e. The molecule has 0 fully saturated rings. The number of ether oxygens (including phenoxy) is 1. The van der Waals surface area contributed by atoms with Crippen molar-refractivity contribution in [3.8, 4) is 0 Å². The van der Waals surface area contributed by atoms with Crippen molar-refractivity contribution in [1.82, 2.24) is 4.90 Å². The second-order valence-corrected chi connectivity index (χ2v) is 5.68.